The number of ether oxygens (including phenoxy) is 1. The van der Waals surface area contributed by atoms with Gasteiger partial charge in [0, 0.05) is 32.2 Å². The average molecular weight is 345 g/mol. The minimum Gasteiger partial charge on any atom is -0.495 e. The lowest BCUT2D eigenvalue weighted by atomic mass is 10.0. The summed E-state index contributed by atoms with van der Waals surface area (Å²) < 4.78 is 5.48. The minimum atomic E-state index is 0.127. The zero-order valence-electron chi connectivity index (χ0n) is 15.5. The Hall–Kier alpha value is -1.91. The molecule has 2 aliphatic heterocycles. The van der Waals surface area contributed by atoms with Gasteiger partial charge in [-0.05, 0) is 50.2 Å². The van der Waals surface area contributed by atoms with E-state index >= 15 is 0 Å². The van der Waals surface area contributed by atoms with E-state index in [-0.39, 0.29) is 6.03 Å². The standard InChI is InChI=1S/C20H31N3O2/c1-3-17-8-6-7-12-23(17)20(24)21-14-16-11-13-22(15-16)18-9-4-5-10-19(18)25-2/h4-5,9-10,16-17H,3,6-8,11-15H2,1-2H3,(H,21,24). The summed E-state index contributed by atoms with van der Waals surface area (Å²) in [7, 11) is 1.72. The molecular weight excluding hydrogens is 314 g/mol. The lowest BCUT2D eigenvalue weighted by Crippen LogP contribution is -2.49. The summed E-state index contributed by atoms with van der Waals surface area (Å²) in [6.07, 6.45) is 5.69. The van der Waals surface area contributed by atoms with Gasteiger partial charge in [-0.25, -0.2) is 4.79 Å². The number of carbonyl (C=O) groups excluding carboxylic acids is 1. The van der Waals surface area contributed by atoms with Crippen molar-refractivity contribution >= 4 is 11.7 Å². The van der Waals surface area contributed by atoms with Gasteiger partial charge in [-0.15, -0.1) is 0 Å². The lowest BCUT2D eigenvalue weighted by Gasteiger charge is -2.35. The van der Waals surface area contributed by atoms with E-state index < -0.39 is 0 Å². The normalized spacial score (nSPS) is 23.6. The topological polar surface area (TPSA) is 44.8 Å². The van der Waals surface area contributed by atoms with Gasteiger partial charge >= 0.3 is 6.03 Å². The summed E-state index contributed by atoms with van der Waals surface area (Å²) in [5.74, 6) is 1.42. The number of amides is 2. The smallest absolute Gasteiger partial charge is 0.317 e. The summed E-state index contributed by atoms with van der Waals surface area (Å²) >= 11 is 0. The first-order chi connectivity index (χ1) is 12.2. The van der Waals surface area contributed by atoms with Crippen molar-refractivity contribution in [2.24, 2.45) is 5.92 Å². The van der Waals surface area contributed by atoms with Gasteiger partial charge in [-0.1, -0.05) is 19.1 Å². The number of likely N-dealkylation sites (tertiary alicyclic amines) is 1. The number of benzene rings is 1. The zero-order chi connectivity index (χ0) is 17.6. The van der Waals surface area contributed by atoms with Crippen LogP contribution in [0.3, 0.4) is 0 Å². The van der Waals surface area contributed by atoms with Crippen molar-refractivity contribution in [3.05, 3.63) is 24.3 Å². The quantitative estimate of drug-likeness (QED) is 0.888. The van der Waals surface area contributed by atoms with Crippen LogP contribution in [0.15, 0.2) is 24.3 Å². The molecule has 0 bridgehead atoms. The third kappa shape index (κ3) is 4.20. The Morgan fingerprint density at radius 2 is 2.08 bits per heavy atom. The van der Waals surface area contributed by atoms with Crippen molar-refractivity contribution in [2.75, 3.05) is 38.2 Å². The van der Waals surface area contributed by atoms with E-state index in [0.29, 0.717) is 12.0 Å². The number of methoxy groups -OCH3 is 1. The van der Waals surface area contributed by atoms with E-state index in [9.17, 15) is 4.79 Å². The predicted octanol–water partition coefficient (Wildman–Crippen LogP) is 3.50. The van der Waals surface area contributed by atoms with Crippen LogP contribution >= 0.6 is 0 Å². The first-order valence-electron chi connectivity index (χ1n) is 9.65. The van der Waals surface area contributed by atoms with Crippen LogP contribution in [0, 0.1) is 5.92 Å². The Kier molecular flexibility index (Phi) is 6.05. The SMILES string of the molecule is CCC1CCCCN1C(=O)NCC1CCN(c2ccccc2OC)C1. The number of carbonyl (C=O) groups is 1. The molecule has 2 atom stereocenters. The fraction of sp³-hybridized carbons (Fsp3) is 0.650. The van der Waals surface area contributed by atoms with Gasteiger partial charge < -0.3 is 19.9 Å². The molecule has 2 aliphatic rings. The van der Waals surface area contributed by atoms with Gasteiger partial charge in [0.2, 0.25) is 0 Å². The van der Waals surface area contributed by atoms with Crippen LogP contribution in [0.5, 0.6) is 5.75 Å². The van der Waals surface area contributed by atoms with Crippen LogP contribution in [-0.2, 0) is 0 Å². The summed E-state index contributed by atoms with van der Waals surface area (Å²) in [6, 6.07) is 8.71. The molecule has 0 aliphatic carbocycles. The summed E-state index contributed by atoms with van der Waals surface area (Å²) in [5.41, 5.74) is 1.15. The molecule has 138 valence electrons. The number of hydrogen-bond acceptors (Lipinski definition) is 3. The van der Waals surface area contributed by atoms with Crippen molar-refractivity contribution in [3.63, 3.8) is 0 Å². The fourth-order valence-electron chi connectivity index (χ4n) is 4.13. The summed E-state index contributed by atoms with van der Waals surface area (Å²) in [6.45, 7) is 5.83. The Morgan fingerprint density at radius 3 is 2.88 bits per heavy atom. The fourth-order valence-corrected chi connectivity index (χ4v) is 4.13. The van der Waals surface area contributed by atoms with E-state index in [0.717, 1.165) is 63.3 Å². The molecule has 5 nitrogen and oxygen atoms in total. The molecule has 0 spiro atoms. The first kappa shape index (κ1) is 17.9. The maximum absolute atomic E-state index is 12.6. The molecule has 0 aromatic heterocycles. The highest BCUT2D eigenvalue weighted by Gasteiger charge is 2.28. The molecule has 2 fully saturated rings. The molecule has 5 heteroatoms. The largest absolute Gasteiger partial charge is 0.495 e. The molecule has 1 aromatic carbocycles. The number of nitrogens with zero attached hydrogens (tertiary/aromatic N) is 2. The van der Waals surface area contributed by atoms with E-state index in [1.54, 1.807) is 7.11 Å². The molecule has 25 heavy (non-hydrogen) atoms. The molecule has 1 aromatic rings. The van der Waals surface area contributed by atoms with Gasteiger partial charge in [0.1, 0.15) is 5.75 Å². The van der Waals surface area contributed by atoms with Crippen molar-refractivity contribution < 1.29 is 9.53 Å². The van der Waals surface area contributed by atoms with Crippen LogP contribution in [0.2, 0.25) is 0 Å². The predicted molar refractivity (Wildman–Crippen MR) is 101 cm³/mol. The Labute approximate surface area is 151 Å². The number of urea groups is 1. The molecule has 0 saturated carbocycles. The molecule has 2 saturated heterocycles. The van der Waals surface area contributed by atoms with Crippen molar-refractivity contribution in [2.45, 2.75) is 45.1 Å². The molecule has 2 unspecified atom stereocenters. The summed E-state index contributed by atoms with van der Waals surface area (Å²) in [5, 5.41) is 3.19. The monoisotopic (exact) mass is 345 g/mol. The maximum atomic E-state index is 12.6. The van der Waals surface area contributed by atoms with Gasteiger partial charge in [-0.3, -0.25) is 0 Å². The third-order valence-corrected chi connectivity index (χ3v) is 5.61. The lowest BCUT2D eigenvalue weighted by molar-refractivity contribution is 0.148. The number of hydrogen-bond donors (Lipinski definition) is 1. The van der Waals surface area contributed by atoms with Gasteiger partial charge in [0.15, 0.2) is 0 Å². The Bertz CT molecular complexity index is 578. The number of nitrogens with one attached hydrogen (secondary N) is 1. The number of rotatable bonds is 5. The molecule has 2 heterocycles. The van der Waals surface area contributed by atoms with Crippen LogP contribution in [0.1, 0.15) is 39.0 Å². The van der Waals surface area contributed by atoms with Crippen molar-refractivity contribution in [1.29, 1.82) is 0 Å². The molecular formula is C20H31N3O2. The van der Waals surface area contributed by atoms with Crippen molar-refractivity contribution in [1.82, 2.24) is 10.2 Å². The second kappa shape index (κ2) is 8.45. The van der Waals surface area contributed by atoms with Crippen LogP contribution in [0.25, 0.3) is 0 Å². The second-order valence-electron chi connectivity index (χ2n) is 7.21. The van der Waals surface area contributed by atoms with Crippen molar-refractivity contribution in [3.8, 4) is 5.75 Å². The Balaban J connectivity index is 1.51. The second-order valence-corrected chi connectivity index (χ2v) is 7.21. The Morgan fingerprint density at radius 1 is 1.24 bits per heavy atom. The van der Waals surface area contributed by atoms with Crippen LogP contribution in [0.4, 0.5) is 10.5 Å². The van der Waals surface area contributed by atoms with E-state index in [1.165, 1.54) is 6.42 Å². The summed E-state index contributed by atoms with van der Waals surface area (Å²) in [4.78, 5) is 17.0. The molecule has 2 amide bonds. The van der Waals surface area contributed by atoms with Gasteiger partial charge in [0.25, 0.3) is 0 Å². The number of anilines is 1. The molecule has 3 rings (SSSR count). The number of piperidine rings is 1. The van der Waals surface area contributed by atoms with E-state index in [4.69, 9.17) is 4.74 Å². The highest BCUT2D eigenvalue weighted by atomic mass is 16.5. The highest BCUT2D eigenvalue weighted by molar-refractivity contribution is 5.74. The minimum absolute atomic E-state index is 0.127. The maximum Gasteiger partial charge on any atom is 0.317 e. The van der Waals surface area contributed by atoms with Gasteiger partial charge in [0.05, 0.1) is 12.8 Å². The molecule has 0 radical (unpaired) electrons. The zero-order valence-corrected chi connectivity index (χ0v) is 15.5. The van der Waals surface area contributed by atoms with E-state index in [2.05, 4.69) is 28.1 Å². The van der Waals surface area contributed by atoms with Crippen LogP contribution < -0.4 is 15.0 Å². The van der Waals surface area contributed by atoms with E-state index in [1.807, 2.05) is 18.2 Å². The third-order valence-electron chi connectivity index (χ3n) is 5.61. The van der Waals surface area contributed by atoms with Crippen LogP contribution in [-0.4, -0.2) is 50.3 Å². The molecule has 1 N–H and O–H groups in total. The van der Waals surface area contributed by atoms with Gasteiger partial charge in [-0.2, -0.15) is 0 Å². The first-order valence-corrected chi connectivity index (χ1v) is 9.65. The average Bonchev–Trinajstić information content (AvgIpc) is 3.14. The highest BCUT2D eigenvalue weighted by Crippen LogP contribution is 2.31. The number of para-hydroxylation sites is 2.